The second kappa shape index (κ2) is 6.34. The van der Waals surface area contributed by atoms with Gasteiger partial charge in [0.05, 0.1) is 5.69 Å². The number of amides is 1. The number of nitrogens with zero attached hydrogens (tertiary/aromatic N) is 4. The Bertz CT molecular complexity index is 731. The van der Waals surface area contributed by atoms with Crippen LogP contribution in [-0.2, 0) is 11.2 Å². The zero-order valence-corrected chi connectivity index (χ0v) is 14.8. The van der Waals surface area contributed by atoms with Crippen LogP contribution in [0.2, 0.25) is 0 Å². The molecule has 0 aromatic carbocycles. The predicted molar refractivity (Wildman–Crippen MR) is 92.2 cm³/mol. The van der Waals surface area contributed by atoms with Gasteiger partial charge in [-0.15, -0.1) is 0 Å². The minimum Gasteiger partial charge on any atom is -0.342 e. The van der Waals surface area contributed by atoms with E-state index in [1.165, 1.54) is 0 Å². The summed E-state index contributed by atoms with van der Waals surface area (Å²) < 4.78 is 0. The molecule has 2 aromatic heterocycles. The molecule has 1 fully saturated rings. The molecule has 6 heteroatoms. The van der Waals surface area contributed by atoms with Crippen LogP contribution in [0.5, 0.6) is 0 Å². The summed E-state index contributed by atoms with van der Waals surface area (Å²) in [5.74, 6) is 0.652. The van der Waals surface area contributed by atoms with Gasteiger partial charge in [0.15, 0.2) is 0 Å². The molecule has 3 heterocycles. The molecule has 1 amide bonds. The number of nitrogens with one attached hydrogen (secondary N) is 1. The molecule has 0 radical (unpaired) electrons. The zero-order valence-electron chi connectivity index (χ0n) is 14.8. The minimum atomic E-state index is -0.320. The van der Waals surface area contributed by atoms with Crippen LogP contribution in [0.25, 0.3) is 11.4 Å². The van der Waals surface area contributed by atoms with Gasteiger partial charge in [0, 0.05) is 36.6 Å². The number of carbonyl (C=O) groups excluding carboxylic acids is 1. The van der Waals surface area contributed by atoms with Gasteiger partial charge in [-0.05, 0) is 31.7 Å². The van der Waals surface area contributed by atoms with Crippen molar-refractivity contribution in [3.05, 3.63) is 29.8 Å². The fourth-order valence-electron chi connectivity index (χ4n) is 3.20. The number of H-pyrrole nitrogens is 1. The number of aromatic amines is 1. The van der Waals surface area contributed by atoms with E-state index in [4.69, 9.17) is 0 Å². The summed E-state index contributed by atoms with van der Waals surface area (Å²) in [5, 5.41) is 7.26. The summed E-state index contributed by atoms with van der Waals surface area (Å²) in [7, 11) is 0. The Balaban J connectivity index is 1.73. The van der Waals surface area contributed by atoms with Crippen LogP contribution in [0.3, 0.4) is 0 Å². The van der Waals surface area contributed by atoms with Gasteiger partial charge in [-0.25, -0.2) is 0 Å². The molecule has 0 saturated carbocycles. The third-order valence-electron chi connectivity index (χ3n) is 4.42. The molecule has 1 unspecified atom stereocenters. The lowest BCUT2D eigenvalue weighted by Crippen LogP contribution is -2.38. The predicted octanol–water partition coefficient (Wildman–Crippen LogP) is 2.61. The molecular formula is C18H25N5O. The molecule has 1 aliphatic heterocycles. The summed E-state index contributed by atoms with van der Waals surface area (Å²) in [6.07, 6.45) is 5.26. The second-order valence-electron chi connectivity index (χ2n) is 7.65. The van der Waals surface area contributed by atoms with E-state index in [2.05, 4.69) is 20.2 Å². The van der Waals surface area contributed by atoms with E-state index in [0.29, 0.717) is 5.92 Å². The lowest BCUT2D eigenvalue weighted by molar-refractivity contribution is -0.138. The van der Waals surface area contributed by atoms with E-state index < -0.39 is 0 Å². The smallest absolute Gasteiger partial charge is 0.227 e. The summed E-state index contributed by atoms with van der Waals surface area (Å²) in [6, 6.07) is 1.98. The van der Waals surface area contributed by atoms with Crippen LogP contribution < -0.4 is 0 Å². The Morgan fingerprint density at radius 2 is 2.08 bits per heavy atom. The lowest BCUT2D eigenvalue weighted by Gasteiger charge is -2.25. The Hall–Kier alpha value is -2.24. The zero-order chi connectivity index (χ0) is 17.3. The molecule has 1 atom stereocenters. The molecule has 1 aliphatic rings. The second-order valence-corrected chi connectivity index (χ2v) is 7.65. The highest BCUT2D eigenvalue weighted by Gasteiger charge is 2.33. The summed E-state index contributed by atoms with van der Waals surface area (Å²) >= 11 is 0. The fourth-order valence-corrected chi connectivity index (χ4v) is 3.20. The Kier molecular flexibility index (Phi) is 4.39. The average molecular weight is 327 g/mol. The van der Waals surface area contributed by atoms with Crippen LogP contribution >= 0.6 is 0 Å². The molecule has 3 rings (SSSR count). The summed E-state index contributed by atoms with van der Waals surface area (Å²) in [6.45, 7) is 9.53. The maximum atomic E-state index is 12.4. The van der Waals surface area contributed by atoms with Crippen molar-refractivity contribution in [2.24, 2.45) is 11.3 Å². The Labute approximate surface area is 142 Å². The van der Waals surface area contributed by atoms with Crippen molar-refractivity contribution in [3.63, 3.8) is 0 Å². The third-order valence-corrected chi connectivity index (χ3v) is 4.42. The van der Waals surface area contributed by atoms with Crippen LogP contribution in [0.4, 0.5) is 0 Å². The van der Waals surface area contributed by atoms with Crippen LogP contribution in [0.1, 0.15) is 38.6 Å². The largest absolute Gasteiger partial charge is 0.342 e. The molecule has 0 bridgehead atoms. The number of likely N-dealkylation sites (tertiary alicyclic amines) is 1. The van der Waals surface area contributed by atoms with Crippen molar-refractivity contribution in [2.45, 2.75) is 40.5 Å². The molecule has 1 saturated heterocycles. The van der Waals surface area contributed by atoms with Gasteiger partial charge < -0.3 is 4.90 Å². The van der Waals surface area contributed by atoms with E-state index in [1.54, 1.807) is 12.4 Å². The molecule has 24 heavy (non-hydrogen) atoms. The van der Waals surface area contributed by atoms with Gasteiger partial charge in [0.1, 0.15) is 11.4 Å². The molecular weight excluding hydrogens is 302 g/mol. The lowest BCUT2D eigenvalue weighted by atomic mass is 9.95. The molecule has 2 aromatic rings. The third kappa shape index (κ3) is 3.47. The van der Waals surface area contributed by atoms with Gasteiger partial charge in [0.25, 0.3) is 0 Å². The molecule has 128 valence electrons. The highest BCUT2D eigenvalue weighted by atomic mass is 16.2. The maximum Gasteiger partial charge on any atom is 0.227 e. The first kappa shape index (κ1) is 16.6. The fraction of sp³-hybridized carbons (Fsp3) is 0.556. The first-order valence-corrected chi connectivity index (χ1v) is 8.46. The first-order valence-electron chi connectivity index (χ1n) is 8.46. The molecule has 6 nitrogen and oxygen atoms in total. The van der Waals surface area contributed by atoms with Crippen LogP contribution in [-0.4, -0.2) is 44.1 Å². The van der Waals surface area contributed by atoms with Gasteiger partial charge in [-0.1, -0.05) is 20.8 Å². The average Bonchev–Trinajstić information content (AvgIpc) is 3.15. The molecule has 0 spiro atoms. The van der Waals surface area contributed by atoms with Crippen molar-refractivity contribution in [1.29, 1.82) is 0 Å². The van der Waals surface area contributed by atoms with Gasteiger partial charge in [-0.3, -0.25) is 19.9 Å². The van der Waals surface area contributed by atoms with Gasteiger partial charge in [-0.2, -0.15) is 5.10 Å². The molecule has 0 aliphatic carbocycles. The van der Waals surface area contributed by atoms with Gasteiger partial charge in [0.2, 0.25) is 5.91 Å². The highest BCUT2D eigenvalue weighted by molar-refractivity contribution is 5.81. The van der Waals surface area contributed by atoms with Crippen molar-refractivity contribution < 1.29 is 4.79 Å². The molecule has 1 N–H and O–H groups in total. The standard InChI is InChI=1S/C18H25N5O/c1-12-9-15(22-21-12)16-14(19-6-7-20-16)10-13-5-8-23(11-13)17(24)18(2,3)4/h6-7,9,13H,5,8,10-11H2,1-4H3,(H,21,22). The summed E-state index contributed by atoms with van der Waals surface area (Å²) in [5.41, 5.74) is 3.31. The maximum absolute atomic E-state index is 12.4. The number of aryl methyl sites for hydroxylation is 1. The first-order chi connectivity index (χ1) is 11.3. The highest BCUT2D eigenvalue weighted by Crippen LogP contribution is 2.28. The quantitative estimate of drug-likeness (QED) is 0.940. The van der Waals surface area contributed by atoms with Crippen LogP contribution in [0.15, 0.2) is 18.5 Å². The monoisotopic (exact) mass is 327 g/mol. The number of carbonyl (C=O) groups is 1. The summed E-state index contributed by atoms with van der Waals surface area (Å²) in [4.78, 5) is 23.4. The van der Waals surface area contributed by atoms with Crippen molar-refractivity contribution in [2.75, 3.05) is 13.1 Å². The van der Waals surface area contributed by atoms with Crippen molar-refractivity contribution in [3.8, 4) is 11.4 Å². The normalized spacial score (nSPS) is 18.2. The van der Waals surface area contributed by atoms with Gasteiger partial charge >= 0.3 is 0 Å². The van der Waals surface area contributed by atoms with Crippen LogP contribution in [0, 0.1) is 18.3 Å². The number of rotatable bonds is 3. The minimum absolute atomic E-state index is 0.229. The number of aromatic nitrogens is 4. The Morgan fingerprint density at radius 1 is 1.33 bits per heavy atom. The topological polar surface area (TPSA) is 74.8 Å². The number of hydrogen-bond acceptors (Lipinski definition) is 4. The Morgan fingerprint density at radius 3 is 2.75 bits per heavy atom. The van der Waals surface area contributed by atoms with E-state index >= 15 is 0 Å². The number of hydrogen-bond donors (Lipinski definition) is 1. The van der Waals surface area contributed by atoms with E-state index in [9.17, 15) is 4.79 Å². The van der Waals surface area contributed by atoms with E-state index in [1.807, 2.05) is 38.7 Å². The van der Waals surface area contributed by atoms with Crippen molar-refractivity contribution in [1.82, 2.24) is 25.1 Å². The van der Waals surface area contributed by atoms with E-state index in [-0.39, 0.29) is 11.3 Å². The van der Waals surface area contributed by atoms with E-state index in [0.717, 1.165) is 48.7 Å². The van der Waals surface area contributed by atoms with Crippen molar-refractivity contribution >= 4 is 5.91 Å². The SMILES string of the molecule is Cc1cc(-c2nccnc2CC2CCN(C(=O)C(C)(C)C)C2)n[nH]1.